The molecule has 0 spiro atoms. The first-order valence-electron chi connectivity index (χ1n) is 7.89. The lowest BCUT2D eigenvalue weighted by molar-refractivity contribution is 0.133. The van der Waals surface area contributed by atoms with Gasteiger partial charge >= 0.3 is 6.03 Å². The van der Waals surface area contributed by atoms with Crippen molar-refractivity contribution >= 4 is 59.7 Å². The summed E-state index contributed by atoms with van der Waals surface area (Å²) in [5.74, 6) is 0.679. The molecule has 3 rings (SSSR count). The molecule has 10 heteroatoms. The number of urea groups is 1. The number of ether oxygens (including phenoxy) is 1. The number of carbonyl (C=O) groups excluding carboxylic acids is 1. The zero-order valence-corrected chi connectivity index (χ0v) is 17.4. The van der Waals surface area contributed by atoms with Crippen LogP contribution in [0.1, 0.15) is 0 Å². The summed E-state index contributed by atoms with van der Waals surface area (Å²) in [7, 11) is 0. The van der Waals surface area contributed by atoms with E-state index in [0.717, 1.165) is 6.54 Å². The Hall–Kier alpha value is -1.44. The molecule has 1 aliphatic rings. The Labute approximate surface area is 180 Å². The summed E-state index contributed by atoms with van der Waals surface area (Å²) in [5, 5.41) is 6.98. The largest absolute Gasteiger partial charge is 0.490 e. The molecular weight excluding hydrogens is 434 g/mol. The van der Waals surface area contributed by atoms with Crippen molar-refractivity contribution in [3.63, 3.8) is 0 Å². The number of carbonyl (C=O) groups is 1. The molecule has 0 saturated carbocycles. The van der Waals surface area contributed by atoms with E-state index in [0.29, 0.717) is 41.2 Å². The quantitative estimate of drug-likeness (QED) is 0.730. The van der Waals surface area contributed by atoms with Gasteiger partial charge < -0.3 is 20.3 Å². The van der Waals surface area contributed by atoms with E-state index in [1.54, 1.807) is 35.5 Å². The molecule has 1 aromatic carbocycles. The van der Waals surface area contributed by atoms with Gasteiger partial charge in [-0.3, -0.25) is 4.98 Å². The first-order chi connectivity index (χ1) is 12.1. The fraction of sp³-hybridized carbons (Fsp3) is 0.294. The third-order valence-electron chi connectivity index (χ3n) is 3.86. The Balaban J connectivity index is 0.00000182. The van der Waals surface area contributed by atoms with Crippen LogP contribution in [0.5, 0.6) is 5.75 Å². The average molecular weight is 454 g/mol. The first-order valence-corrected chi connectivity index (χ1v) is 8.65. The number of rotatable bonds is 4. The van der Waals surface area contributed by atoms with E-state index in [4.69, 9.17) is 27.9 Å². The molecule has 0 bridgehead atoms. The van der Waals surface area contributed by atoms with Gasteiger partial charge in [0.05, 0.1) is 22.3 Å². The molecule has 2 N–H and O–H groups in total. The van der Waals surface area contributed by atoms with E-state index in [-0.39, 0.29) is 36.9 Å². The second-order valence-electron chi connectivity index (χ2n) is 5.61. The molecule has 2 heterocycles. The topological polar surface area (TPSA) is 66.5 Å². The molecule has 148 valence electrons. The van der Waals surface area contributed by atoms with E-state index in [9.17, 15) is 4.79 Å². The summed E-state index contributed by atoms with van der Waals surface area (Å²) in [6, 6.07) is 8.37. The Morgan fingerprint density at radius 2 is 2.11 bits per heavy atom. The third-order valence-corrected chi connectivity index (χ3v) is 4.60. The predicted molar refractivity (Wildman–Crippen MR) is 113 cm³/mol. The van der Waals surface area contributed by atoms with Crippen molar-refractivity contribution in [3.05, 3.63) is 52.8 Å². The molecule has 1 aromatic heterocycles. The minimum Gasteiger partial charge on any atom is -0.490 e. The summed E-state index contributed by atoms with van der Waals surface area (Å²) in [6.07, 6.45) is 3.34. The van der Waals surface area contributed by atoms with Crippen LogP contribution in [0.15, 0.2) is 42.7 Å². The van der Waals surface area contributed by atoms with Crippen molar-refractivity contribution < 1.29 is 9.53 Å². The highest BCUT2D eigenvalue weighted by Gasteiger charge is 2.27. The standard InChI is InChI=1S/C17H18Cl2N4O2.2ClH/c18-15-4-3-12(8-16(15)19)22-17(24)23-7-6-21-9-13(23)11-25-14-2-1-5-20-10-14;;/h1-5,8,10,13,21H,6-7,9,11H2,(H,22,24);2*1H/t13-;;/m1../s1. The van der Waals surface area contributed by atoms with E-state index in [1.807, 2.05) is 12.1 Å². The number of amides is 2. The van der Waals surface area contributed by atoms with Crippen LogP contribution >= 0.6 is 48.0 Å². The van der Waals surface area contributed by atoms with Crippen LogP contribution in [0, 0.1) is 0 Å². The van der Waals surface area contributed by atoms with Gasteiger partial charge in [0, 0.05) is 31.5 Å². The summed E-state index contributed by atoms with van der Waals surface area (Å²) in [6.45, 7) is 2.37. The number of piperazine rings is 1. The third kappa shape index (κ3) is 6.59. The fourth-order valence-corrected chi connectivity index (χ4v) is 2.87. The highest BCUT2D eigenvalue weighted by molar-refractivity contribution is 6.42. The minimum atomic E-state index is -0.195. The monoisotopic (exact) mass is 452 g/mol. The second-order valence-corrected chi connectivity index (χ2v) is 6.42. The average Bonchev–Trinajstić information content (AvgIpc) is 2.64. The van der Waals surface area contributed by atoms with E-state index >= 15 is 0 Å². The van der Waals surface area contributed by atoms with Gasteiger partial charge in [-0.05, 0) is 30.3 Å². The lowest BCUT2D eigenvalue weighted by atomic mass is 10.2. The number of benzene rings is 1. The zero-order chi connectivity index (χ0) is 17.6. The number of nitrogens with zero attached hydrogens (tertiary/aromatic N) is 2. The van der Waals surface area contributed by atoms with Gasteiger partial charge in [-0.25, -0.2) is 4.79 Å². The molecule has 2 amide bonds. The number of nitrogens with one attached hydrogen (secondary N) is 2. The lowest BCUT2D eigenvalue weighted by Crippen LogP contribution is -2.57. The van der Waals surface area contributed by atoms with Crippen molar-refractivity contribution in [3.8, 4) is 5.75 Å². The number of aromatic nitrogens is 1. The van der Waals surface area contributed by atoms with Crippen molar-refractivity contribution in [1.82, 2.24) is 15.2 Å². The van der Waals surface area contributed by atoms with Gasteiger partial charge in [0.2, 0.25) is 0 Å². The molecule has 1 saturated heterocycles. The highest BCUT2D eigenvalue weighted by atomic mass is 35.5. The van der Waals surface area contributed by atoms with Crippen molar-refractivity contribution in [2.75, 3.05) is 31.6 Å². The van der Waals surface area contributed by atoms with Crippen molar-refractivity contribution in [1.29, 1.82) is 0 Å². The van der Waals surface area contributed by atoms with Gasteiger partial charge in [0.25, 0.3) is 0 Å². The summed E-state index contributed by atoms with van der Waals surface area (Å²) in [4.78, 5) is 18.4. The Morgan fingerprint density at radius 1 is 1.30 bits per heavy atom. The number of pyridine rings is 1. The SMILES string of the molecule is Cl.Cl.O=C(Nc1ccc(Cl)c(Cl)c1)N1CCNC[C@@H]1COc1cccnc1. The normalized spacial score (nSPS) is 15.9. The number of anilines is 1. The van der Waals surface area contributed by atoms with Gasteiger partial charge in [0.1, 0.15) is 12.4 Å². The summed E-state index contributed by atoms with van der Waals surface area (Å²) >= 11 is 11.9. The molecule has 1 aliphatic heterocycles. The summed E-state index contributed by atoms with van der Waals surface area (Å²) < 4.78 is 5.75. The fourth-order valence-electron chi connectivity index (χ4n) is 2.57. The van der Waals surface area contributed by atoms with E-state index < -0.39 is 0 Å². The van der Waals surface area contributed by atoms with Crippen molar-refractivity contribution in [2.24, 2.45) is 0 Å². The Bertz CT molecular complexity index is 736. The van der Waals surface area contributed by atoms with Crippen LogP contribution in [0.3, 0.4) is 0 Å². The van der Waals surface area contributed by atoms with Crippen LogP contribution in [0.4, 0.5) is 10.5 Å². The van der Waals surface area contributed by atoms with Crippen LogP contribution in [-0.4, -0.2) is 48.2 Å². The molecule has 0 aliphatic carbocycles. The van der Waals surface area contributed by atoms with Gasteiger partial charge in [-0.1, -0.05) is 23.2 Å². The molecule has 6 nitrogen and oxygen atoms in total. The van der Waals surface area contributed by atoms with E-state index in [2.05, 4.69) is 15.6 Å². The predicted octanol–water partition coefficient (Wildman–Crippen LogP) is 4.12. The maximum Gasteiger partial charge on any atom is 0.322 e. The van der Waals surface area contributed by atoms with Gasteiger partial charge in [-0.15, -0.1) is 24.8 Å². The second kappa shape index (κ2) is 11.4. The molecule has 0 unspecified atom stereocenters. The molecule has 2 aromatic rings. The number of halogens is 4. The Kier molecular flexibility index (Phi) is 9.98. The zero-order valence-electron chi connectivity index (χ0n) is 14.2. The van der Waals surface area contributed by atoms with Crippen LogP contribution < -0.4 is 15.4 Å². The van der Waals surface area contributed by atoms with Crippen LogP contribution in [-0.2, 0) is 0 Å². The maximum absolute atomic E-state index is 12.6. The molecule has 0 radical (unpaired) electrons. The highest BCUT2D eigenvalue weighted by Crippen LogP contribution is 2.25. The number of hydrogen-bond donors (Lipinski definition) is 2. The van der Waals surface area contributed by atoms with Crippen molar-refractivity contribution in [2.45, 2.75) is 6.04 Å². The van der Waals surface area contributed by atoms with Crippen LogP contribution in [0.2, 0.25) is 10.0 Å². The first kappa shape index (κ1) is 23.6. The maximum atomic E-state index is 12.6. The molecule has 1 atom stereocenters. The number of hydrogen-bond acceptors (Lipinski definition) is 4. The summed E-state index contributed by atoms with van der Waals surface area (Å²) in [5.41, 5.74) is 0.602. The molecule has 1 fully saturated rings. The molecular formula is C17H20Cl4N4O2. The lowest BCUT2D eigenvalue weighted by Gasteiger charge is -2.35. The Morgan fingerprint density at radius 3 is 2.81 bits per heavy atom. The van der Waals surface area contributed by atoms with Crippen LogP contribution in [0.25, 0.3) is 0 Å². The van der Waals surface area contributed by atoms with Gasteiger partial charge in [-0.2, -0.15) is 0 Å². The smallest absolute Gasteiger partial charge is 0.322 e. The van der Waals surface area contributed by atoms with E-state index in [1.165, 1.54) is 0 Å². The molecule has 27 heavy (non-hydrogen) atoms. The van der Waals surface area contributed by atoms with Gasteiger partial charge in [0.15, 0.2) is 0 Å². The minimum absolute atomic E-state index is 0.